The summed E-state index contributed by atoms with van der Waals surface area (Å²) in [6.07, 6.45) is 10.9. The number of piperidine rings is 1. The van der Waals surface area contributed by atoms with Gasteiger partial charge in [-0.25, -0.2) is 0 Å². The van der Waals surface area contributed by atoms with E-state index >= 15 is 0 Å². The van der Waals surface area contributed by atoms with Crippen molar-refractivity contribution in [1.82, 2.24) is 10.2 Å². The first-order chi connectivity index (χ1) is 12.7. The van der Waals surface area contributed by atoms with Crippen molar-refractivity contribution in [3.05, 3.63) is 35.9 Å². The topological polar surface area (TPSA) is 49.4 Å². The van der Waals surface area contributed by atoms with Gasteiger partial charge in [0.2, 0.25) is 5.91 Å². The van der Waals surface area contributed by atoms with Crippen molar-refractivity contribution >= 4 is 11.7 Å². The largest absolute Gasteiger partial charge is 0.352 e. The molecule has 1 aliphatic heterocycles. The molecule has 26 heavy (non-hydrogen) atoms. The number of likely N-dealkylation sites (tertiary alicyclic amines) is 1. The maximum absolute atomic E-state index is 12.3. The van der Waals surface area contributed by atoms with E-state index in [1.165, 1.54) is 45.1 Å². The molecular formula is C22H32N2O2. The number of carbonyl (C=O) groups excluding carboxylic acids is 2. The van der Waals surface area contributed by atoms with Gasteiger partial charge in [-0.15, -0.1) is 0 Å². The second-order valence-corrected chi connectivity index (χ2v) is 7.84. The molecule has 2 aliphatic rings. The average Bonchev–Trinajstić information content (AvgIpc) is 2.96. The zero-order valence-electron chi connectivity index (χ0n) is 15.8. The SMILES string of the molecule is O=C(CCC(=O)c1ccccc1)N[C@H]1CCCN(C2CCCCCC2)C1. The van der Waals surface area contributed by atoms with Crippen LogP contribution in [-0.2, 0) is 4.79 Å². The Morgan fingerprint density at radius 1 is 0.923 bits per heavy atom. The van der Waals surface area contributed by atoms with E-state index in [1.54, 1.807) is 0 Å². The molecule has 1 heterocycles. The molecule has 1 atom stereocenters. The van der Waals surface area contributed by atoms with Crippen molar-refractivity contribution in [2.24, 2.45) is 0 Å². The number of Topliss-reactive ketones (excluding diaryl/α,β-unsaturated/α-hetero) is 1. The van der Waals surface area contributed by atoms with E-state index < -0.39 is 0 Å². The lowest BCUT2D eigenvalue weighted by Gasteiger charge is -2.38. The minimum atomic E-state index is 0.0157. The molecule has 1 N–H and O–H groups in total. The molecule has 1 saturated heterocycles. The summed E-state index contributed by atoms with van der Waals surface area (Å²) in [5.74, 6) is 0.0615. The standard InChI is InChI=1S/C22H32N2O2/c25-21(18-9-4-3-5-10-18)14-15-22(26)23-19-11-8-16-24(17-19)20-12-6-1-2-7-13-20/h3-5,9-10,19-20H,1-2,6-8,11-17H2,(H,23,26)/t19-/m0/s1. The molecule has 1 aliphatic carbocycles. The summed E-state index contributed by atoms with van der Waals surface area (Å²) >= 11 is 0. The molecular weight excluding hydrogens is 324 g/mol. The van der Waals surface area contributed by atoms with Gasteiger partial charge in [-0.1, -0.05) is 56.0 Å². The van der Waals surface area contributed by atoms with E-state index in [-0.39, 0.29) is 30.6 Å². The highest BCUT2D eigenvalue weighted by atomic mass is 16.2. The predicted octanol–water partition coefficient (Wildman–Crippen LogP) is 3.95. The average molecular weight is 357 g/mol. The zero-order valence-corrected chi connectivity index (χ0v) is 15.8. The van der Waals surface area contributed by atoms with Gasteiger partial charge in [0.25, 0.3) is 0 Å². The van der Waals surface area contributed by atoms with Crippen LogP contribution in [0.4, 0.5) is 0 Å². The third kappa shape index (κ3) is 5.66. The Hall–Kier alpha value is -1.68. The quantitative estimate of drug-likeness (QED) is 0.620. The first-order valence-corrected chi connectivity index (χ1v) is 10.3. The number of benzene rings is 1. The molecule has 0 spiro atoms. The molecule has 4 heteroatoms. The van der Waals surface area contributed by atoms with Gasteiger partial charge in [0, 0.05) is 37.0 Å². The highest BCUT2D eigenvalue weighted by Gasteiger charge is 2.27. The molecule has 4 nitrogen and oxygen atoms in total. The normalized spacial score (nSPS) is 22.5. The number of rotatable bonds is 6. The number of nitrogens with zero attached hydrogens (tertiary/aromatic N) is 1. The van der Waals surface area contributed by atoms with E-state index in [9.17, 15) is 9.59 Å². The van der Waals surface area contributed by atoms with Gasteiger partial charge in [0.05, 0.1) is 0 Å². The van der Waals surface area contributed by atoms with Crippen LogP contribution in [0.1, 0.15) is 74.6 Å². The summed E-state index contributed by atoms with van der Waals surface area (Å²) in [6.45, 7) is 2.15. The lowest BCUT2D eigenvalue weighted by Crippen LogP contribution is -2.50. The smallest absolute Gasteiger partial charge is 0.220 e. The van der Waals surface area contributed by atoms with Gasteiger partial charge >= 0.3 is 0 Å². The third-order valence-electron chi connectivity index (χ3n) is 5.83. The van der Waals surface area contributed by atoms with Gasteiger partial charge in [-0.05, 0) is 32.2 Å². The summed E-state index contributed by atoms with van der Waals surface area (Å²) in [4.78, 5) is 27.1. The van der Waals surface area contributed by atoms with E-state index in [0.29, 0.717) is 11.6 Å². The molecule has 0 radical (unpaired) electrons. The van der Waals surface area contributed by atoms with Crippen molar-refractivity contribution in [2.45, 2.75) is 76.3 Å². The van der Waals surface area contributed by atoms with Crippen LogP contribution < -0.4 is 5.32 Å². The molecule has 3 rings (SSSR count). The number of hydrogen-bond donors (Lipinski definition) is 1. The second kappa shape index (κ2) is 9.86. The van der Waals surface area contributed by atoms with Crippen molar-refractivity contribution in [3.63, 3.8) is 0 Å². The highest BCUT2D eigenvalue weighted by Crippen LogP contribution is 2.24. The molecule has 0 aromatic heterocycles. The molecule has 1 amide bonds. The first kappa shape index (κ1) is 19.1. The summed E-state index contributed by atoms with van der Waals surface area (Å²) in [7, 11) is 0. The fourth-order valence-electron chi connectivity index (χ4n) is 4.37. The monoisotopic (exact) mass is 356 g/mol. The minimum Gasteiger partial charge on any atom is -0.352 e. The molecule has 0 bridgehead atoms. The van der Waals surface area contributed by atoms with Crippen molar-refractivity contribution < 1.29 is 9.59 Å². The van der Waals surface area contributed by atoms with Crippen molar-refractivity contribution in [1.29, 1.82) is 0 Å². The Balaban J connectivity index is 1.42. The maximum Gasteiger partial charge on any atom is 0.220 e. The molecule has 1 aromatic rings. The fourth-order valence-corrected chi connectivity index (χ4v) is 4.37. The molecule has 2 fully saturated rings. The molecule has 1 aromatic carbocycles. The van der Waals surface area contributed by atoms with Crippen LogP contribution in [0.25, 0.3) is 0 Å². The third-order valence-corrected chi connectivity index (χ3v) is 5.83. The van der Waals surface area contributed by atoms with Crippen LogP contribution in [0.2, 0.25) is 0 Å². The Morgan fingerprint density at radius 2 is 1.65 bits per heavy atom. The van der Waals surface area contributed by atoms with Gasteiger partial charge in [-0.3, -0.25) is 14.5 Å². The number of hydrogen-bond acceptors (Lipinski definition) is 3. The Kier molecular flexibility index (Phi) is 7.24. The zero-order chi connectivity index (χ0) is 18.2. The van der Waals surface area contributed by atoms with Crippen LogP contribution in [0.3, 0.4) is 0 Å². The fraction of sp³-hybridized carbons (Fsp3) is 0.636. The van der Waals surface area contributed by atoms with Crippen LogP contribution in [-0.4, -0.2) is 41.8 Å². The van der Waals surface area contributed by atoms with Crippen LogP contribution in [0.15, 0.2) is 30.3 Å². The maximum atomic E-state index is 12.3. The summed E-state index contributed by atoms with van der Waals surface area (Å²) in [6, 6.07) is 10.2. The summed E-state index contributed by atoms with van der Waals surface area (Å²) in [5.41, 5.74) is 0.692. The van der Waals surface area contributed by atoms with E-state index in [1.807, 2.05) is 30.3 Å². The van der Waals surface area contributed by atoms with Crippen LogP contribution in [0, 0.1) is 0 Å². The van der Waals surface area contributed by atoms with Gasteiger partial charge in [0.15, 0.2) is 5.78 Å². The number of carbonyl (C=O) groups is 2. The van der Waals surface area contributed by atoms with E-state index in [2.05, 4.69) is 10.2 Å². The molecule has 1 saturated carbocycles. The molecule has 0 unspecified atom stereocenters. The first-order valence-electron chi connectivity index (χ1n) is 10.3. The predicted molar refractivity (Wildman–Crippen MR) is 104 cm³/mol. The van der Waals surface area contributed by atoms with Crippen LogP contribution >= 0.6 is 0 Å². The number of ketones is 1. The van der Waals surface area contributed by atoms with E-state index in [4.69, 9.17) is 0 Å². The lowest BCUT2D eigenvalue weighted by atomic mass is 9.99. The van der Waals surface area contributed by atoms with Gasteiger partial charge in [-0.2, -0.15) is 0 Å². The summed E-state index contributed by atoms with van der Waals surface area (Å²) < 4.78 is 0. The Labute approximate surface area is 157 Å². The van der Waals surface area contributed by atoms with Gasteiger partial charge < -0.3 is 5.32 Å². The Morgan fingerprint density at radius 3 is 2.38 bits per heavy atom. The van der Waals surface area contributed by atoms with Crippen LogP contribution in [0.5, 0.6) is 0 Å². The van der Waals surface area contributed by atoms with Crippen molar-refractivity contribution in [3.8, 4) is 0 Å². The highest BCUT2D eigenvalue weighted by molar-refractivity contribution is 5.97. The minimum absolute atomic E-state index is 0.0157. The lowest BCUT2D eigenvalue weighted by molar-refractivity contribution is -0.122. The van der Waals surface area contributed by atoms with Gasteiger partial charge in [0.1, 0.15) is 0 Å². The summed E-state index contributed by atoms with van der Waals surface area (Å²) in [5, 5.41) is 3.18. The van der Waals surface area contributed by atoms with E-state index in [0.717, 1.165) is 19.4 Å². The van der Waals surface area contributed by atoms with Crippen molar-refractivity contribution in [2.75, 3.05) is 13.1 Å². The Bertz CT molecular complexity index is 579. The molecule has 142 valence electrons. The number of amides is 1. The second-order valence-electron chi connectivity index (χ2n) is 7.84. The number of nitrogens with one attached hydrogen (secondary N) is 1.